The topological polar surface area (TPSA) is 37.3 Å². The molecule has 0 aromatic carbocycles. The minimum atomic E-state index is -2.21. The zero-order valence-corrected chi connectivity index (χ0v) is 22.0. The molecule has 3 aliphatic rings. The van der Waals surface area contributed by atoms with Crippen molar-refractivity contribution in [3.05, 3.63) is 35.5 Å². The Kier molecular flexibility index (Phi) is 7.28. The van der Waals surface area contributed by atoms with Crippen LogP contribution in [0.2, 0.25) is 18.1 Å². The van der Waals surface area contributed by atoms with Gasteiger partial charge in [0.1, 0.15) is 6.29 Å². The van der Waals surface area contributed by atoms with Crippen LogP contribution < -0.4 is 0 Å². The third-order valence-corrected chi connectivity index (χ3v) is 13.2. The van der Waals surface area contributed by atoms with Gasteiger partial charge in [-0.2, -0.15) is 0 Å². The highest BCUT2D eigenvalue weighted by atomic mass is 28.4. The number of hydrogen-bond acceptors (Lipinski definition) is 2. The van der Waals surface area contributed by atoms with Gasteiger partial charge in [-0.1, -0.05) is 52.0 Å². The first-order valence-electron chi connectivity index (χ1n) is 12.7. The van der Waals surface area contributed by atoms with Crippen LogP contribution in [0.1, 0.15) is 85.5 Å². The maximum Gasteiger partial charge on any atom is 0.188 e. The summed E-state index contributed by atoms with van der Waals surface area (Å²) >= 11 is 0. The molecule has 0 amide bonds. The van der Waals surface area contributed by atoms with Gasteiger partial charge in [0, 0.05) is 5.92 Å². The van der Waals surface area contributed by atoms with E-state index in [9.17, 15) is 9.59 Å². The van der Waals surface area contributed by atoms with Crippen molar-refractivity contribution in [2.45, 2.75) is 104 Å². The lowest BCUT2D eigenvalue weighted by molar-refractivity contribution is -0.113. The molecule has 1 unspecified atom stereocenters. The Balaban J connectivity index is 1.77. The molecular weight excluding hydrogens is 396 g/mol. The minimum absolute atomic E-state index is 0.000832. The lowest BCUT2D eigenvalue weighted by Gasteiger charge is -2.43. The van der Waals surface area contributed by atoms with Crippen molar-refractivity contribution in [3.63, 3.8) is 0 Å². The first-order valence-corrected chi connectivity index (χ1v) is 15.6. The van der Waals surface area contributed by atoms with Gasteiger partial charge in [0.05, 0.1) is 0 Å². The maximum atomic E-state index is 11.5. The van der Waals surface area contributed by atoms with Crippen molar-refractivity contribution >= 4 is 14.6 Å². The van der Waals surface area contributed by atoms with Crippen LogP contribution in [0.5, 0.6) is 0 Å². The van der Waals surface area contributed by atoms with E-state index in [-0.39, 0.29) is 16.4 Å². The molecule has 3 saturated carbocycles. The summed E-state index contributed by atoms with van der Waals surface area (Å²) in [5, 5.41) is 0.000832. The summed E-state index contributed by atoms with van der Waals surface area (Å²) in [6.07, 6.45) is 16.8. The van der Waals surface area contributed by atoms with Crippen LogP contribution in [0.25, 0.3) is 0 Å². The first-order chi connectivity index (χ1) is 14.4. The van der Waals surface area contributed by atoms with Crippen LogP contribution in [0, 0.1) is 29.1 Å². The van der Waals surface area contributed by atoms with E-state index in [2.05, 4.69) is 59.5 Å². The van der Waals surface area contributed by atoms with Crippen molar-refractivity contribution in [1.29, 1.82) is 0 Å². The van der Waals surface area contributed by atoms with Gasteiger partial charge in [-0.25, -0.2) is 0 Å². The van der Waals surface area contributed by atoms with Gasteiger partial charge in [0.2, 0.25) is 0 Å². The van der Waals surface area contributed by atoms with Gasteiger partial charge in [-0.15, -0.1) is 0 Å². The third kappa shape index (κ3) is 4.88. The van der Waals surface area contributed by atoms with Crippen LogP contribution in [0.15, 0.2) is 35.5 Å². The second-order valence-corrected chi connectivity index (χ2v) is 16.8. The van der Waals surface area contributed by atoms with Crippen LogP contribution in [-0.4, -0.2) is 19.4 Å². The first kappa shape index (κ1) is 24.7. The van der Waals surface area contributed by atoms with Crippen molar-refractivity contribution in [3.8, 4) is 0 Å². The van der Waals surface area contributed by atoms with Crippen molar-refractivity contribution < 1.29 is 9.59 Å². The molecule has 5 atom stereocenters. The fraction of sp³-hybridized carbons (Fsp3) is 0.750. The van der Waals surface area contributed by atoms with Crippen molar-refractivity contribution in [1.82, 2.24) is 0 Å². The average Bonchev–Trinajstić information content (AvgIpc) is 3.04. The lowest BCUT2D eigenvalue weighted by Crippen LogP contribution is -2.40. The third-order valence-electron chi connectivity index (χ3n) is 9.70. The summed E-state index contributed by atoms with van der Waals surface area (Å²) in [7, 11) is -2.21. The van der Waals surface area contributed by atoms with Crippen LogP contribution in [0.3, 0.4) is 0 Å². The second kappa shape index (κ2) is 9.13. The number of allylic oxidation sites excluding steroid dienone is 5. The Labute approximate surface area is 192 Å². The Morgan fingerprint density at radius 3 is 2.55 bits per heavy atom. The van der Waals surface area contributed by atoms with Gasteiger partial charge in [0.15, 0.2) is 8.32 Å². The van der Waals surface area contributed by atoms with Gasteiger partial charge in [0.25, 0.3) is 0 Å². The molecule has 3 heteroatoms. The standard InChI is InChI=1S/C28H46O2Si/c1-20(19-29)25-15-16-26-23(12-9-17-28(25,26)5)14-13-22-10-8-11-24(21(22)2)18-27(3,4)31(6,7)30/h13-14,19-20,24-26,30H,2,8-12,15-18H2,1,3-7H3/b22-13-,23-14+/t20-,24-,25?,26+,28-/m1/s1. The Morgan fingerprint density at radius 1 is 1.19 bits per heavy atom. The van der Waals surface area contributed by atoms with E-state index in [1.807, 2.05) is 0 Å². The summed E-state index contributed by atoms with van der Waals surface area (Å²) < 4.78 is 0. The molecule has 0 aromatic rings. The monoisotopic (exact) mass is 442 g/mol. The highest BCUT2D eigenvalue weighted by Gasteiger charge is 2.50. The molecule has 0 saturated heterocycles. The highest BCUT2D eigenvalue weighted by molar-refractivity contribution is 6.72. The summed E-state index contributed by atoms with van der Waals surface area (Å²) in [5.41, 5.74) is 4.64. The van der Waals surface area contributed by atoms with Crippen LogP contribution >= 0.6 is 0 Å². The molecule has 1 N–H and O–H groups in total. The minimum Gasteiger partial charge on any atom is -0.432 e. The van der Waals surface area contributed by atoms with Gasteiger partial charge in [-0.05, 0) is 110 Å². The van der Waals surface area contributed by atoms with E-state index in [4.69, 9.17) is 0 Å². The number of hydrogen-bond donors (Lipinski definition) is 1. The largest absolute Gasteiger partial charge is 0.432 e. The Bertz CT molecular complexity index is 753. The van der Waals surface area contributed by atoms with E-state index in [1.165, 1.54) is 62.4 Å². The SMILES string of the molecule is C=C1/C(=C\C=C2/CCC[C@]3(C)C([C@H](C)C=O)CC[C@@H]23)CCC[C@@H]1CC(C)(C)[Si](C)(C)O. The molecule has 3 fully saturated rings. The molecule has 2 nitrogen and oxygen atoms in total. The molecule has 3 aliphatic carbocycles. The van der Waals surface area contributed by atoms with Crippen LogP contribution in [0.4, 0.5) is 0 Å². The Morgan fingerprint density at radius 2 is 1.90 bits per heavy atom. The van der Waals surface area contributed by atoms with Crippen molar-refractivity contribution in [2.24, 2.45) is 29.1 Å². The summed E-state index contributed by atoms with van der Waals surface area (Å²) in [5.74, 6) is 1.84. The molecular formula is C28H46O2Si. The zero-order chi connectivity index (χ0) is 23.0. The maximum absolute atomic E-state index is 11.5. The predicted molar refractivity (Wildman–Crippen MR) is 134 cm³/mol. The molecule has 0 bridgehead atoms. The van der Waals surface area contributed by atoms with E-state index in [1.54, 1.807) is 5.57 Å². The molecule has 0 aromatic heterocycles. The quantitative estimate of drug-likeness (QED) is 0.339. The molecule has 174 valence electrons. The lowest BCUT2D eigenvalue weighted by atomic mass is 9.61. The smallest absolute Gasteiger partial charge is 0.188 e. The van der Waals surface area contributed by atoms with Crippen LogP contribution in [-0.2, 0) is 4.79 Å². The van der Waals surface area contributed by atoms with E-state index in [0.717, 1.165) is 12.8 Å². The molecule has 0 aliphatic heterocycles. The highest BCUT2D eigenvalue weighted by Crippen LogP contribution is 2.59. The summed E-state index contributed by atoms with van der Waals surface area (Å²) in [4.78, 5) is 22.3. The molecule has 0 heterocycles. The number of aldehydes is 1. The van der Waals surface area contributed by atoms with Crippen molar-refractivity contribution in [2.75, 3.05) is 0 Å². The fourth-order valence-electron chi connectivity index (χ4n) is 6.86. The Hall–Kier alpha value is -0.933. The normalized spacial score (nSPS) is 36.0. The predicted octanol–water partition coefficient (Wildman–Crippen LogP) is 7.61. The number of carbonyl (C=O) groups is 1. The number of carbonyl (C=O) groups excluding carboxylic acids is 1. The van der Waals surface area contributed by atoms with Gasteiger partial charge >= 0.3 is 0 Å². The molecule has 0 spiro atoms. The van der Waals surface area contributed by atoms with Gasteiger partial charge < -0.3 is 9.59 Å². The fourth-order valence-corrected chi connectivity index (χ4v) is 7.61. The molecule has 31 heavy (non-hydrogen) atoms. The summed E-state index contributed by atoms with van der Waals surface area (Å²) in [6, 6.07) is 0. The van der Waals surface area contributed by atoms with E-state index >= 15 is 0 Å². The number of rotatable bonds is 6. The number of fused-ring (bicyclic) bond motifs is 1. The average molecular weight is 443 g/mol. The van der Waals surface area contributed by atoms with E-state index in [0.29, 0.717) is 17.8 Å². The zero-order valence-electron chi connectivity index (χ0n) is 21.0. The summed E-state index contributed by atoms with van der Waals surface area (Å²) in [6.45, 7) is 17.7. The second-order valence-electron chi connectivity index (χ2n) is 12.3. The molecule has 0 radical (unpaired) electrons. The van der Waals surface area contributed by atoms with Gasteiger partial charge in [-0.3, -0.25) is 0 Å². The molecule has 3 rings (SSSR count). The van der Waals surface area contributed by atoms with E-state index < -0.39 is 8.32 Å².